The van der Waals surface area contributed by atoms with Crippen LogP contribution in [0.4, 0.5) is 11.4 Å². The first-order valence-electron chi connectivity index (χ1n) is 6.50. The van der Waals surface area contributed by atoms with Crippen LogP contribution in [0.15, 0.2) is 24.3 Å². The van der Waals surface area contributed by atoms with Gasteiger partial charge in [0.2, 0.25) is 11.8 Å². The predicted octanol–water partition coefficient (Wildman–Crippen LogP) is 1.29. The van der Waals surface area contributed by atoms with Gasteiger partial charge in [-0.15, -0.1) is 0 Å². The minimum absolute atomic E-state index is 0.148. The van der Waals surface area contributed by atoms with E-state index in [0.717, 1.165) is 0 Å². The molecule has 0 radical (unpaired) electrons. The highest BCUT2D eigenvalue weighted by Gasteiger charge is 2.08. The first-order valence-corrected chi connectivity index (χ1v) is 6.50. The molecule has 22 heavy (non-hydrogen) atoms. The van der Waals surface area contributed by atoms with Gasteiger partial charge in [0.1, 0.15) is 0 Å². The van der Waals surface area contributed by atoms with Crippen LogP contribution in [0.1, 0.15) is 25.7 Å². The number of hydrogen-bond donors (Lipinski definition) is 4. The van der Waals surface area contributed by atoms with Gasteiger partial charge in [-0.05, 0) is 18.2 Å². The average Bonchev–Trinajstić information content (AvgIpc) is 2.43. The Morgan fingerprint density at radius 1 is 0.773 bits per heavy atom. The molecule has 1 aromatic rings. The Bertz CT molecular complexity index is 537. The number of benzene rings is 1. The highest BCUT2D eigenvalue weighted by atomic mass is 16.4. The summed E-state index contributed by atoms with van der Waals surface area (Å²) < 4.78 is 0. The predicted molar refractivity (Wildman–Crippen MR) is 77.4 cm³/mol. The molecule has 8 heteroatoms. The van der Waals surface area contributed by atoms with E-state index < -0.39 is 23.8 Å². The molecule has 0 aliphatic carbocycles. The van der Waals surface area contributed by atoms with Gasteiger partial charge in [0, 0.05) is 24.2 Å². The minimum atomic E-state index is -1.06. The van der Waals surface area contributed by atoms with Crippen molar-refractivity contribution in [2.45, 2.75) is 25.7 Å². The van der Waals surface area contributed by atoms with E-state index in [-0.39, 0.29) is 25.7 Å². The zero-order chi connectivity index (χ0) is 16.5. The van der Waals surface area contributed by atoms with Gasteiger partial charge in [-0.25, -0.2) is 0 Å². The van der Waals surface area contributed by atoms with E-state index in [2.05, 4.69) is 10.6 Å². The van der Waals surface area contributed by atoms with E-state index in [1.807, 2.05) is 0 Å². The summed E-state index contributed by atoms with van der Waals surface area (Å²) in [5.41, 5.74) is 0.817. The number of nitrogens with one attached hydrogen (secondary N) is 2. The molecular formula is C14H16N2O6. The van der Waals surface area contributed by atoms with Crippen LogP contribution in [0, 0.1) is 0 Å². The van der Waals surface area contributed by atoms with Gasteiger partial charge in [0.05, 0.1) is 12.8 Å². The van der Waals surface area contributed by atoms with E-state index in [9.17, 15) is 19.2 Å². The number of amides is 2. The van der Waals surface area contributed by atoms with Crippen LogP contribution in [0.3, 0.4) is 0 Å². The molecule has 0 unspecified atom stereocenters. The molecule has 118 valence electrons. The van der Waals surface area contributed by atoms with Crippen molar-refractivity contribution >= 4 is 35.1 Å². The summed E-state index contributed by atoms with van der Waals surface area (Å²) in [7, 11) is 0. The number of carbonyl (C=O) groups excluding carboxylic acids is 2. The van der Waals surface area contributed by atoms with Crippen molar-refractivity contribution in [3.8, 4) is 0 Å². The normalized spacial score (nSPS) is 9.82. The van der Waals surface area contributed by atoms with Crippen LogP contribution in [0.5, 0.6) is 0 Å². The number of aliphatic carboxylic acids is 2. The largest absolute Gasteiger partial charge is 0.481 e. The SMILES string of the molecule is O=C(O)CCC(=O)Nc1cccc(NC(=O)CCC(=O)O)c1. The third kappa shape index (κ3) is 7.04. The first kappa shape index (κ1) is 17.2. The fourth-order valence-corrected chi connectivity index (χ4v) is 1.56. The van der Waals surface area contributed by atoms with Gasteiger partial charge in [0.15, 0.2) is 0 Å². The summed E-state index contributed by atoms with van der Waals surface area (Å²) in [5.74, 6) is -3.02. The molecule has 0 aliphatic rings. The summed E-state index contributed by atoms with van der Waals surface area (Å²) in [6.45, 7) is 0. The van der Waals surface area contributed by atoms with Crippen LogP contribution in [-0.2, 0) is 19.2 Å². The van der Waals surface area contributed by atoms with Gasteiger partial charge in [-0.3, -0.25) is 19.2 Å². The molecule has 0 aromatic heterocycles. The van der Waals surface area contributed by atoms with Crippen LogP contribution >= 0.6 is 0 Å². The van der Waals surface area contributed by atoms with Crippen molar-refractivity contribution in [1.29, 1.82) is 0 Å². The van der Waals surface area contributed by atoms with Crippen LogP contribution < -0.4 is 10.6 Å². The zero-order valence-corrected chi connectivity index (χ0v) is 11.7. The number of hydrogen-bond acceptors (Lipinski definition) is 4. The van der Waals surface area contributed by atoms with E-state index in [1.54, 1.807) is 18.2 Å². The highest BCUT2D eigenvalue weighted by molar-refractivity contribution is 5.95. The van der Waals surface area contributed by atoms with Gasteiger partial charge >= 0.3 is 11.9 Å². The molecule has 0 heterocycles. The van der Waals surface area contributed by atoms with E-state index in [1.165, 1.54) is 6.07 Å². The summed E-state index contributed by atoms with van der Waals surface area (Å²) in [5, 5.41) is 22.0. The van der Waals surface area contributed by atoms with E-state index in [0.29, 0.717) is 11.4 Å². The van der Waals surface area contributed by atoms with Crippen molar-refractivity contribution < 1.29 is 29.4 Å². The third-order valence-electron chi connectivity index (χ3n) is 2.56. The van der Waals surface area contributed by atoms with Crippen molar-refractivity contribution in [3.05, 3.63) is 24.3 Å². The van der Waals surface area contributed by atoms with Crippen molar-refractivity contribution in [3.63, 3.8) is 0 Å². The summed E-state index contributed by atoms with van der Waals surface area (Å²) in [6.07, 6.45) is -0.829. The molecule has 0 bridgehead atoms. The topological polar surface area (TPSA) is 133 Å². The summed E-state index contributed by atoms with van der Waals surface area (Å²) in [4.78, 5) is 43.7. The number of anilines is 2. The molecule has 8 nitrogen and oxygen atoms in total. The maximum Gasteiger partial charge on any atom is 0.303 e. The van der Waals surface area contributed by atoms with Crippen molar-refractivity contribution in [2.24, 2.45) is 0 Å². The van der Waals surface area contributed by atoms with Gasteiger partial charge in [-0.1, -0.05) is 6.07 Å². The lowest BCUT2D eigenvalue weighted by Gasteiger charge is -2.08. The molecule has 1 rings (SSSR count). The van der Waals surface area contributed by atoms with Crippen LogP contribution in [0.2, 0.25) is 0 Å². The number of carboxylic acid groups (broad SMARTS) is 2. The van der Waals surface area contributed by atoms with Crippen LogP contribution in [0.25, 0.3) is 0 Å². The summed E-state index contributed by atoms with van der Waals surface area (Å²) >= 11 is 0. The Kier molecular flexibility index (Phi) is 6.55. The molecule has 1 aromatic carbocycles. The van der Waals surface area contributed by atoms with Gasteiger partial charge in [-0.2, -0.15) is 0 Å². The number of carboxylic acids is 2. The lowest BCUT2D eigenvalue weighted by molar-refractivity contribution is -0.138. The number of carbonyl (C=O) groups is 4. The second-order valence-corrected chi connectivity index (χ2v) is 4.46. The summed E-state index contributed by atoms with van der Waals surface area (Å²) in [6, 6.07) is 6.27. The molecule has 2 amide bonds. The molecule has 0 saturated heterocycles. The standard InChI is InChI=1S/C14H16N2O6/c17-11(4-6-13(19)20)15-9-2-1-3-10(8-9)16-12(18)5-7-14(21)22/h1-3,8H,4-7H2,(H,15,17)(H,16,18)(H,19,20)(H,21,22). The molecule has 0 spiro atoms. The quantitative estimate of drug-likeness (QED) is 0.572. The molecular weight excluding hydrogens is 292 g/mol. The fourth-order valence-electron chi connectivity index (χ4n) is 1.56. The second-order valence-electron chi connectivity index (χ2n) is 4.46. The van der Waals surface area contributed by atoms with Gasteiger partial charge < -0.3 is 20.8 Å². The lowest BCUT2D eigenvalue weighted by Crippen LogP contribution is -2.15. The molecule has 0 atom stereocenters. The maximum absolute atomic E-state index is 11.5. The maximum atomic E-state index is 11.5. The first-order chi connectivity index (χ1) is 10.4. The Morgan fingerprint density at radius 2 is 1.18 bits per heavy atom. The third-order valence-corrected chi connectivity index (χ3v) is 2.56. The van der Waals surface area contributed by atoms with Crippen molar-refractivity contribution in [2.75, 3.05) is 10.6 Å². The smallest absolute Gasteiger partial charge is 0.303 e. The lowest BCUT2D eigenvalue weighted by atomic mass is 10.2. The number of rotatable bonds is 8. The second kappa shape index (κ2) is 8.40. The average molecular weight is 308 g/mol. The fraction of sp³-hybridized carbons (Fsp3) is 0.286. The Hall–Kier alpha value is -2.90. The Morgan fingerprint density at radius 3 is 1.55 bits per heavy atom. The highest BCUT2D eigenvalue weighted by Crippen LogP contribution is 2.16. The van der Waals surface area contributed by atoms with Crippen molar-refractivity contribution in [1.82, 2.24) is 0 Å². The monoisotopic (exact) mass is 308 g/mol. The van der Waals surface area contributed by atoms with E-state index in [4.69, 9.17) is 10.2 Å². The Labute approximate surface area is 126 Å². The molecule has 4 N–H and O–H groups in total. The molecule has 0 aliphatic heterocycles. The molecule has 0 fully saturated rings. The Balaban J connectivity index is 2.54. The molecule has 0 saturated carbocycles. The minimum Gasteiger partial charge on any atom is -0.481 e. The van der Waals surface area contributed by atoms with Gasteiger partial charge in [0.25, 0.3) is 0 Å². The van der Waals surface area contributed by atoms with Crippen LogP contribution in [-0.4, -0.2) is 34.0 Å². The van der Waals surface area contributed by atoms with E-state index >= 15 is 0 Å². The zero-order valence-electron chi connectivity index (χ0n) is 11.7.